The minimum Gasteiger partial charge on any atom is -0.465 e. The number of halogens is 1. The van der Waals surface area contributed by atoms with Crippen molar-refractivity contribution in [3.8, 4) is 0 Å². The zero-order chi connectivity index (χ0) is 12.3. The van der Waals surface area contributed by atoms with E-state index in [-0.39, 0.29) is 11.2 Å². The standard InChI is InChI=1S/C11H11ClN2O2S/c12-7-1-3-8(4-2-7)14-11(13)17-9-5-6-16-10(9)15/h1-4,9H,5-6H2,(H2,13,14). The van der Waals surface area contributed by atoms with Gasteiger partial charge in [-0.2, -0.15) is 0 Å². The number of carbonyl (C=O) groups is 1. The van der Waals surface area contributed by atoms with Crippen LogP contribution in [0.5, 0.6) is 0 Å². The highest BCUT2D eigenvalue weighted by Gasteiger charge is 2.28. The van der Waals surface area contributed by atoms with Gasteiger partial charge in [0.2, 0.25) is 0 Å². The number of thioether (sulfide) groups is 1. The number of nitrogens with two attached hydrogens (primary N) is 1. The van der Waals surface area contributed by atoms with Crippen molar-refractivity contribution in [2.45, 2.75) is 11.7 Å². The maximum absolute atomic E-state index is 11.2. The van der Waals surface area contributed by atoms with Gasteiger partial charge in [-0.3, -0.25) is 4.79 Å². The van der Waals surface area contributed by atoms with Crippen molar-refractivity contribution in [1.29, 1.82) is 0 Å². The average Bonchev–Trinajstić information content (AvgIpc) is 2.68. The topological polar surface area (TPSA) is 64.7 Å². The second-order valence-corrected chi connectivity index (χ2v) is 5.15. The van der Waals surface area contributed by atoms with Gasteiger partial charge in [-0.25, -0.2) is 4.99 Å². The predicted octanol–water partition coefficient (Wildman–Crippen LogP) is 2.33. The molecule has 1 aliphatic heterocycles. The quantitative estimate of drug-likeness (QED) is 0.509. The third-order valence-electron chi connectivity index (χ3n) is 2.22. The van der Waals surface area contributed by atoms with E-state index in [0.29, 0.717) is 28.9 Å². The lowest BCUT2D eigenvalue weighted by Gasteiger charge is -2.04. The van der Waals surface area contributed by atoms with Crippen molar-refractivity contribution in [2.75, 3.05) is 6.61 Å². The first kappa shape index (κ1) is 12.3. The number of rotatable bonds is 2. The molecule has 2 N–H and O–H groups in total. The van der Waals surface area contributed by atoms with Gasteiger partial charge in [0.05, 0.1) is 12.3 Å². The Balaban J connectivity index is 2.01. The Kier molecular flexibility index (Phi) is 3.91. The minimum atomic E-state index is -0.231. The van der Waals surface area contributed by atoms with E-state index in [1.54, 1.807) is 24.3 Å². The van der Waals surface area contributed by atoms with Crippen LogP contribution in [0, 0.1) is 0 Å². The number of amidine groups is 1. The normalized spacial score (nSPS) is 20.4. The number of cyclic esters (lactones) is 1. The smallest absolute Gasteiger partial charge is 0.319 e. The van der Waals surface area contributed by atoms with E-state index in [4.69, 9.17) is 22.1 Å². The number of nitrogens with zero attached hydrogens (tertiary/aromatic N) is 1. The van der Waals surface area contributed by atoms with Gasteiger partial charge in [0.1, 0.15) is 5.25 Å². The number of carbonyl (C=O) groups excluding carboxylic acids is 1. The summed E-state index contributed by atoms with van der Waals surface area (Å²) in [5, 5.41) is 0.775. The average molecular weight is 271 g/mol. The molecule has 0 radical (unpaired) electrons. The molecule has 1 heterocycles. The van der Waals surface area contributed by atoms with Gasteiger partial charge in [-0.1, -0.05) is 23.4 Å². The Hall–Kier alpha value is -1.20. The van der Waals surface area contributed by atoms with Crippen LogP contribution < -0.4 is 5.73 Å². The lowest BCUT2D eigenvalue weighted by Crippen LogP contribution is -2.17. The molecule has 1 fully saturated rings. The number of hydrogen-bond acceptors (Lipinski definition) is 4. The summed E-state index contributed by atoms with van der Waals surface area (Å²) in [5.41, 5.74) is 6.47. The molecule has 0 aliphatic carbocycles. The van der Waals surface area contributed by atoms with Crippen LogP contribution >= 0.6 is 23.4 Å². The van der Waals surface area contributed by atoms with Crippen molar-refractivity contribution in [2.24, 2.45) is 10.7 Å². The molecule has 4 nitrogen and oxygen atoms in total. The largest absolute Gasteiger partial charge is 0.465 e. The highest BCUT2D eigenvalue weighted by atomic mass is 35.5. The molecule has 0 saturated carbocycles. The Morgan fingerprint density at radius 3 is 2.76 bits per heavy atom. The second-order valence-electron chi connectivity index (χ2n) is 3.49. The van der Waals surface area contributed by atoms with E-state index >= 15 is 0 Å². The third-order valence-corrected chi connectivity index (χ3v) is 3.51. The third kappa shape index (κ3) is 3.38. The van der Waals surface area contributed by atoms with E-state index in [1.165, 1.54) is 11.8 Å². The summed E-state index contributed by atoms with van der Waals surface area (Å²) in [6, 6.07) is 7.01. The van der Waals surface area contributed by atoms with Gasteiger partial charge in [-0.15, -0.1) is 0 Å². The lowest BCUT2D eigenvalue weighted by atomic mass is 10.3. The van der Waals surface area contributed by atoms with Crippen LogP contribution in [-0.4, -0.2) is 23.0 Å². The predicted molar refractivity (Wildman–Crippen MR) is 69.7 cm³/mol. The van der Waals surface area contributed by atoms with E-state index in [0.717, 1.165) is 0 Å². The molecule has 6 heteroatoms. The summed E-state index contributed by atoms with van der Waals surface area (Å²) in [4.78, 5) is 15.4. The molecule has 0 spiro atoms. The van der Waals surface area contributed by atoms with E-state index in [9.17, 15) is 4.79 Å². The molecular weight excluding hydrogens is 260 g/mol. The summed E-state index contributed by atoms with van der Waals surface area (Å²) in [7, 11) is 0. The minimum absolute atomic E-state index is 0.218. The first-order valence-corrected chi connectivity index (χ1v) is 6.34. The van der Waals surface area contributed by atoms with Crippen LogP contribution in [0.15, 0.2) is 29.3 Å². The molecule has 1 aromatic rings. The molecule has 0 bridgehead atoms. The second kappa shape index (κ2) is 5.42. The molecule has 1 aromatic carbocycles. The number of esters is 1. The van der Waals surface area contributed by atoms with Crippen LogP contribution in [-0.2, 0) is 9.53 Å². The van der Waals surface area contributed by atoms with Crippen LogP contribution in [0.2, 0.25) is 5.02 Å². The SMILES string of the molecule is NC(=Nc1ccc(Cl)cc1)SC1CCOC1=O. The molecule has 0 amide bonds. The van der Waals surface area contributed by atoms with Gasteiger partial charge >= 0.3 is 5.97 Å². The number of ether oxygens (including phenoxy) is 1. The molecule has 90 valence electrons. The first-order valence-electron chi connectivity index (χ1n) is 5.08. The van der Waals surface area contributed by atoms with Crippen LogP contribution in [0.3, 0.4) is 0 Å². The van der Waals surface area contributed by atoms with E-state index in [2.05, 4.69) is 4.99 Å². The summed E-state index contributed by atoms with van der Waals surface area (Å²) >= 11 is 6.99. The van der Waals surface area contributed by atoms with Crippen molar-refractivity contribution < 1.29 is 9.53 Å². The summed E-state index contributed by atoms with van der Waals surface area (Å²) < 4.78 is 4.84. The van der Waals surface area contributed by atoms with Crippen LogP contribution in [0.4, 0.5) is 5.69 Å². The molecule has 1 saturated heterocycles. The maximum Gasteiger partial charge on any atom is 0.319 e. The van der Waals surface area contributed by atoms with Crippen molar-refractivity contribution >= 4 is 40.2 Å². The Bertz CT molecular complexity index is 447. The molecule has 1 unspecified atom stereocenters. The molecule has 17 heavy (non-hydrogen) atoms. The van der Waals surface area contributed by atoms with Crippen LogP contribution in [0.25, 0.3) is 0 Å². The number of aliphatic imine (C=N–C) groups is 1. The first-order chi connectivity index (χ1) is 8.15. The van der Waals surface area contributed by atoms with E-state index in [1.807, 2.05) is 0 Å². The summed E-state index contributed by atoms with van der Waals surface area (Å²) in [6.45, 7) is 0.463. The lowest BCUT2D eigenvalue weighted by molar-refractivity contribution is -0.137. The number of hydrogen-bond donors (Lipinski definition) is 1. The maximum atomic E-state index is 11.2. The van der Waals surface area contributed by atoms with Gasteiger partial charge in [0.15, 0.2) is 5.17 Å². The van der Waals surface area contributed by atoms with Gasteiger partial charge in [-0.05, 0) is 24.3 Å². The molecular formula is C11H11ClN2O2S. The fraction of sp³-hybridized carbons (Fsp3) is 0.273. The van der Waals surface area contributed by atoms with Crippen molar-refractivity contribution in [1.82, 2.24) is 0 Å². The molecule has 0 aromatic heterocycles. The molecule has 2 rings (SSSR count). The van der Waals surface area contributed by atoms with Gasteiger partial charge in [0, 0.05) is 11.4 Å². The fourth-order valence-electron chi connectivity index (χ4n) is 1.40. The highest BCUT2D eigenvalue weighted by Crippen LogP contribution is 2.24. The molecule has 1 atom stereocenters. The summed E-state index contributed by atoms with van der Waals surface area (Å²) in [5.74, 6) is -0.218. The summed E-state index contributed by atoms with van der Waals surface area (Å²) in [6.07, 6.45) is 0.681. The van der Waals surface area contributed by atoms with Crippen molar-refractivity contribution in [3.05, 3.63) is 29.3 Å². The zero-order valence-electron chi connectivity index (χ0n) is 8.93. The number of benzene rings is 1. The Morgan fingerprint density at radius 1 is 1.47 bits per heavy atom. The fourth-order valence-corrected chi connectivity index (χ4v) is 2.35. The van der Waals surface area contributed by atoms with Crippen molar-refractivity contribution in [3.63, 3.8) is 0 Å². The van der Waals surface area contributed by atoms with Crippen LogP contribution in [0.1, 0.15) is 6.42 Å². The van der Waals surface area contributed by atoms with Gasteiger partial charge < -0.3 is 10.5 Å². The van der Waals surface area contributed by atoms with Gasteiger partial charge in [0.25, 0.3) is 0 Å². The monoisotopic (exact) mass is 270 g/mol. The zero-order valence-corrected chi connectivity index (χ0v) is 10.5. The highest BCUT2D eigenvalue weighted by molar-refractivity contribution is 8.14. The Morgan fingerprint density at radius 2 is 2.18 bits per heavy atom. The van der Waals surface area contributed by atoms with E-state index < -0.39 is 0 Å². The molecule has 1 aliphatic rings. The Labute approximate surface area is 108 Å².